The van der Waals surface area contributed by atoms with E-state index in [2.05, 4.69) is 10.9 Å². The molecule has 0 fully saturated rings. The molecule has 0 aliphatic heterocycles. The van der Waals surface area contributed by atoms with Crippen molar-refractivity contribution in [1.82, 2.24) is 10.9 Å². The molecule has 2 rings (SSSR count). The van der Waals surface area contributed by atoms with Gasteiger partial charge in [-0.05, 0) is 62.4 Å². The van der Waals surface area contributed by atoms with Gasteiger partial charge in [0.2, 0.25) is 0 Å². The van der Waals surface area contributed by atoms with Crippen LogP contribution in [0.15, 0.2) is 48.5 Å². The molecular weight excluding hydrogens is 346 g/mol. The molecule has 27 heavy (non-hydrogen) atoms. The third-order valence-electron chi connectivity index (χ3n) is 3.76. The number of benzene rings is 2. The first-order chi connectivity index (χ1) is 12.9. The Bertz CT molecular complexity index is 758. The molecule has 1 unspecified atom stereocenters. The Morgan fingerprint density at radius 1 is 0.963 bits per heavy atom. The number of rotatable bonds is 7. The predicted molar refractivity (Wildman–Crippen MR) is 104 cm³/mol. The van der Waals surface area contributed by atoms with E-state index in [-0.39, 0.29) is 0 Å². The van der Waals surface area contributed by atoms with Crippen molar-refractivity contribution >= 4 is 17.5 Å². The predicted octanol–water partition coefficient (Wildman–Crippen LogP) is 2.38. The molecule has 2 aromatic rings. The van der Waals surface area contributed by atoms with Gasteiger partial charge in [-0.1, -0.05) is 0 Å². The first-order valence-corrected chi connectivity index (χ1v) is 8.67. The standard InChI is InChI=1S/C20H25N3O4/c1-5-26-17-10-12-18(13-11-17)27-14(2)19(24)21-22-20(25)15-6-8-16(9-7-15)23(3)4/h6-14H,5H2,1-4H3,(H,21,24)(H,22,25). The van der Waals surface area contributed by atoms with E-state index in [9.17, 15) is 9.59 Å². The zero-order valence-corrected chi connectivity index (χ0v) is 16.0. The third kappa shape index (κ3) is 5.91. The number of carbonyl (C=O) groups excluding carboxylic acids is 2. The maximum atomic E-state index is 12.1. The molecule has 2 aromatic carbocycles. The first-order valence-electron chi connectivity index (χ1n) is 8.67. The van der Waals surface area contributed by atoms with E-state index in [4.69, 9.17) is 9.47 Å². The van der Waals surface area contributed by atoms with Crippen LogP contribution < -0.4 is 25.2 Å². The minimum absolute atomic E-state index is 0.401. The van der Waals surface area contributed by atoms with Crippen LogP contribution in [-0.2, 0) is 4.79 Å². The topological polar surface area (TPSA) is 79.9 Å². The SMILES string of the molecule is CCOc1ccc(OC(C)C(=O)NNC(=O)c2ccc(N(C)C)cc2)cc1. The van der Waals surface area contributed by atoms with E-state index >= 15 is 0 Å². The van der Waals surface area contributed by atoms with Crippen molar-refractivity contribution in [1.29, 1.82) is 0 Å². The number of hydrogen-bond acceptors (Lipinski definition) is 5. The lowest BCUT2D eigenvalue weighted by Gasteiger charge is -2.16. The molecule has 2 N–H and O–H groups in total. The molecule has 7 nitrogen and oxygen atoms in total. The van der Waals surface area contributed by atoms with Gasteiger partial charge in [-0.3, -0.25) is 20.4 Å². The molecule has 1 atom stereocenters. The lowest BCUT2D eigenvalue weighted by molar-refractivity contribution is -0.128. The van der Waals surface area contributed by atoms with E-state index in [1.165, 1.54) is 0 Å². The van der Waals surface area contributed by atoms with Crippen LogP contribution in [0.2, 0.25) is 0 Å². The maximum absolute atomic E-state index is 12.1. The summed E-state index contributed by atoms with van der Waals surface area (Å²) in [5.74, 6) is 0.408. The molecule has 0 aromatic heterocycles. The number of amides is 2. The van der Waals surface area contributed by atoms with Crippen molar-refractivity contribution in [2.75, 3.05) is 25.6 Å². The fourth-order valence-corrected chi connectivity index (χ4v) is 2.24. The van der Waals surface area contributed by atoms with Gasteiger partial charge in [-0.15, -0.1) is 0 Å². The molecule has 0 saturated carbocycles. The van der Waals surface area contributed by atoms with Gasteiger partial charge in [-0.25, -0.2) is 0 Å². The quantitative estimate of drug-likeness (QED) is 0.731. The zero-order valence-electron chi connectivity index (χ0n) is 16.0. The van der Waals surface area contributed by atoms with Crippen molar-refractivity contribution in [2.24, 2.45) is 0 Å². The van der Waals surface area contributed by atoms with Gasteiger partial charge in [0.15, 0.2) is 6.10 Å². The highest BCUT2D eigenvalue weighted by atomic mass is 16.5. The fraction of sp³-hybridized carbons (Fsp3) is 0.300. The average molecular weight is 371 g/mol. The van der Waals surface area contributed by atoms with Crippen LogP contribution in [0.1, 0.15) is 24.2 Å². The summed E-state index contributed by atoms with van der Waals surface area (Å²) < 4.78 is 10.9. The minimum Gasteiger partial charge on any atom is -0.494 e. The van der Waals surface area contributed by atoms with Gasteiger partial charge in [0.25, 0.3) is 11.8 Å². The summed E-state index contributed by atoms with van der Waals surface area (Å²) in [6.45, 7) is 4.09. The molecule has 7 heteroatoms. The molecule has 0 aliphatic carbocycles. The monoisotopic (exact) mass is 371 g/mol. The fourth-order valence-electron chi connectivity index (χ4n) is 2.24. The second kappa shape index (κ2) is 9.47. The van der Waals surface area contributed by atoms with Crippen molar-refractivity contribution in [3.63, 3.8) is 0 Å². The van der Waals surface area contributed by atoms with Crippen LogP contribution in [0.25, 0.3) is 0 Å². The Morgan fingerprint density at radius 3 is 2.11 bits per heavy atom. The van der Waals surface area contributed by atoms with Crippen molar-refractivity contribution in [2.45, 2.75) is 20.0 Å². The molecule has 0 bridgehead atoms. The highest BCUT2D eigenvalue weighted by Gasteiger charge is 2.16. The van der Waals surface area contributed by atoms with Gasteiger partial charge in [0.05, 0.1) is 6.61 Å². The van der Waals surface area contributed by atoms with Gasteiger partial charge >= 0.3 is 0 Å². The van der Waals surface area contributed by atoms with Crippen molar-refractivity contribution in [3.8, 4) is 11.5 Å². The van der Waals surface area contributed by atoms with Gasteiger partial charge < -0.3 is 14.4 Å². The summed E-state index contributed by atoms with van der Waals surface area (Å²) in [7, 11) is 3.84. The molecule has 0 radical (unpaired) electrons. The third-order valence-corrected chi connectivity index (χ3v) is 3.76. The first kappa shape index (κ1) is 20.1. The molecule has 0 heterocycles. The van der Waals surface area contributed by atoms with Crippen LogP contribution in [-0.4, -0.2) is 38.6 Å². The van der Waals surface area contributed by atoms with E-state index < -0.39 is 17.9 Å². The Kier molecular flexibility index (Phi) is 7.05. The number of anilines is 1. The minimum atomic E-state index is -0.778. The van der Waals surface area contributed by atoms with E-state index in [1.807, 2.05) is 38.1 Å². The number of carbonyl (C=O) groups is 2. The summed E-state index contributed by atoms with van der Waals surface area (Å²) in [4.78, 5) is 26.2. The van der Waals surface area contributed by atoms with Crippen molar-refractivity contribution < 1.29 is 19.1 Å². The van der Waals surface area contributed by atoms with Crippen LogP contribution >= 0.6 is 0 Å². The molecular formula is C20H25N3O4. The summed E-state index contributed by atoms with van der Waals surface area (Å²) >= 11 is 0. The molecule has 0 saturated heterocycles. The maximum Gasteiger partial charge on any atom is 0.279 e. The Morgan fingerprint density at radius 2 is 1.56 bits per heavy atom. The number of nitrogens with one attached hydrogen (secondary N) is 2. The molecule has 2 amide bonds. The largest absolute Gasteiger partial charge is 0.494 e. The van der Waals surface area contributed by atoms with Crippen LogP contribution in [0.3, 0.4) is 0 Å². The van der Waals surface area contributed by atoms with E-state index in [1.54, 1.807) is 43.3 Å². The number of ether oxygens (including phenoxy) is 2. The van der Waals surface area contributed by atoms with Gasteiger partial charge in [0, 0.05) is 25.3 Å². The van der Waals surface area contributed by atoms with Gasteiger partial charge in [0.1, 0.15) is 11.5 Å². The summed E-state index contributed by atoms with van der Waals surface area (Å²) in [5, 5.41) is 0. The van der Waals surface area contributed by atoms with Crippen LogP contribution in [0, 0.1) is 0 Å². The molecule has 144 valence electrons. The second-order valence-corrected chi connectivity index (χ2v) is 6.05. The number of hydrazine groups is 1. The Balaban J connectivity index is 1.84. The van der Waals surface area contributed by atoms with Gasteiger partial charge in [-0.2, -0.15) is 0 Å². The highest BCUT2D eigenvalue weighted by Crippen LogP contribution is 2.18. The number of nitrogens with zero attached hydrogens (tertiary/aromatic N) is 1. The summed E-state index contributed by atoms with van der Waals surface area (Å²) in [5.41, 5.74) is 6.18. The average Bonchev–Trinajstić information content (AvgIpc) is 2.67. The smallest absolute Gasteiger partial charge is 0.279 e. The lowest BCUT2D eigenvalue weighted by Crippen LogP contribution is -2.47. The van der Waals surface area contributed by atoms with Crippen molar-refractivity contribution in [3.05, 3.63) is 54.1 Å². The van der Waals surface area contributed by atoms with Crippen LogP contribution in [0.5, 0.6) is 11.5 Å². The summed E-state index contributed by atoms with van der Waals surface area (Å²) in [6, 6.07) is 14.0. The second-order valence-electron chi connectivity index (χ2n) is 6.05. The Hall–Kier alpha value is -3.22. The normalized spacial score (nSPS) is 11.3. The van der Waals surface area contributed by atoms with Crippen LogP contribution in [0.4, 0.5) is 5.69 Å². The molecule has 0 spiro atoms. The van der Waals surface area contributed by atoms with E-state index in [0.717, 1.165) is 11.4 Å². The zero-order chi connectivity index (χ0) is 19.8. The van der Waals surface area contributed by atoms with E-state index in [0.29, 0.717) is 17.9 Å². The Labute approximate surface area is 159 Å². The summed E-state index contributed by atoms with van der Waals surface area (Å²) in [6.07, 6.45) is -0.778. The highest BCUT2D eigenvalue weighted by molar-refractivity contribution is 5.96. The number of hydrogen-bond donors (Lipinski definition) is 2. The molecule has 0 aliphatic rings. The lowest BCUT2D eigenvalue weighted by atomic mass is 10.2.